The van der Waals surface area contributed by atoms with Crippen molar-refractivity contribution in [3.8, 4) is 0 Å². The SMILES string of the molecule is N[C@H]1C[C@H](C(F)(F)F)C1. The molecule has 0 aromatic carbocycles. The summed E-state index contributed by atoms with van der Waals surface area (Å²) in [5, 5.41) is 0. The summed E-state index contributed by atoms with van der Waals surface area (Å²) in [6.45, 7) is 0. The molecule has 0 unspecified atom stereocenters. The van der Waals surface area contributed by atoms with Crippen molar-refractivity contribution in [1.82, 2.24) is 0 Å². The van der Waals surface area contributed by atoms with Gasteiger partial charge in [0.15, 0.2) is 0 Å². The zero-order valence-electron chi connectivity index (χ0n) is 4.78. The van der Waals surface area contributed by atoms with Crippen LogP contribution in [0.4, 0.5) is 13.2 Å². The molecular weight excluding hydrogens is 131 g/mol. The van der Waals surface area contributed by atoms with E-state index < -0.39 is 12.1 Å². The van der Waals surface area contributed by atoms with E-state index in [0.29, 0.717) is 0 Å². The van der Waals surface area contributed by atoms with E-state index in [-0.39, 0.29) is 18.9 Å². The highest BCUT2D eigenvalue weighted by atomic mass is 19.4. The zero-order chi connectivity index (χ0) is 7.07. The predicted molar refractivity (Wildman–Crippen MR) is 26.8 cm³/mol. The molecule has 0 saturated heterocycles. The Morgan fingerprint density at radius 2 is 1.67 bits per heavy atom. The van der Waals surface area contributed by atoms with Gasteiger partial charge in [-0.05, 0) is 12.8 Å². The molecule has 0 aliphatic heterocycles. The monoisotopic (exact) mass is 139 g/mol. The topological polar surface area (TPSA) is 26.0 Å². The number of rotatable bonds is 0. The summed E-state index contributed by atoms with van der Waals surface area (Å²) in [5.74, 6) is -1.12. The summed E-state index contributed by atoms with van der Waals surface area (Å²) in [6.07, 6.45) is -3.77. The van der Waals surface area contributed by atoms with E-state index in [9.17, 15) is 13.2 Å². The first-order chi connectivity index (χ1) is 4.00. The second-order valence-electron chi connectivity index (χ2n) is 2.47. The lowest BCUT2D eigenvalue weighted by molar-refractivity contribution is -0.196. The molecule has 4 heteroatoms. The average Bonchev–Trinajstić information content (AvgIpc) is 1.55. The first-order valence-corrected chi connectivity index (χ1v) is 2.82. The molecule has 0 aromatic rings. The maximum absolute atomic E-state index is 11.6. The molecule has 9 heavy (non-hydrogen) atoms. The predicted octanol–water partition coefficient (Wildman–Crippen LogP) is 1.29. The van der Waals surface area contributed by atoms with Crippen molar-refractivity contribution in [3.63, 3.8) is 0 Å². The highest BCUT2D eigenvalue weighted by Crippen LogP contribution is 2.39. The third-order valence-electron chi connectivity index (χ3n) is 1.64. The van der Waals surface area contributed by atoms with Gasteiger partial charge in [-0.3, -0.25) is 0 Å². The first-order valence-electron chi connectivity index (χ1n) is 2.82. The minimum Gasteiger partial charge on any atom is -0.328 e. The van der Waals surface area contributed by atoms with Crippen LogP contribution in [0.5, 0.6) is 0 Å². The Balaban J connectivity index is 2.32. The van der Waals surface area contributed by atoms with Gasteiger partial charge in [-0.25, -0.2) is 0 Å². The summed E-state index contributed by atoms with van der Waals surface area (Å²) in [5.41, 5.74) is 5.17. The van der Waals surface area contributed by atoms with Crippen molar-refractivity contribution >= 4 is 0 Å². The van der Waals surface area contributed by atoms with Crippen LogP contribution in [0, 0.1) is 5.92 Å². The molecule has 1 rings (SSSR count). The molecule has 1 saturated carbocycles. The van der Waals surface area contributed by atoms with Gasteiger partial charge in [0.1, 0.15) is 0 Å². The van der Waals surface area contributed by atoms with Gasteiger partial charge in [-0.15, -0.1) is 0 Å². The maximum atomic E-state index is 11.6. The van der Waals surface area contributed by atoms with E-state index in [0.717, 1.165) is 0 Å². The Labute approximate surface area is 51.0 Å². The molecule has 0 aromatic heterocycles. The van der Waals surface area contributed by atoms with Crippen molar-refractivity contribution in [1.29, 1.82) is 0 Å². The molecule has 0 bridgehead atoms. The van der Waals surface area contributed by atoms with Gasteiger partial charge in [0.05, 0.1) is 5.92 Å². The summed E-state index contributed by atoms with van der Waals surface area (Å²) < 4.78 is 34.9. The van der Waals surface area contributed by atoms with Crippen LogP contribution < -0.4 is 5.73 Å². The van der Waals surface area contributed by atoms with Crippen LogP contribution in [0.3, 0.4) is 0 Å². The Morgan fingerprint density at radius 1 is 1.22 bits per heavy atom. The van der Waals surface area contributed by atoms with E-state index in [1.165, 1.54) is 0 Å². The van der Waals surface area contributed by atoms with Crippen LogP contribution in [0.2, 0.25) is 0 Å². The molecule has 2 N–H and O–H groups in total. The van der Waals surface area contributed by atoms with Gasteiger partial charge >= 0.3 is 6.18 Å². The van der Waals surface area contributed by atoms with Crippen molar-refractivity contribution in [2.45, 2.75) is 25.1 Å². The van der Waals surface area contributed by atoms with E-state index in [1.807, 2.05) is 0 Å². The number of nitrogens with two attached hydrogens (primary N) is 1. The molecule has 1 aliphatic carbocycles. The zero-order valence-corrected chi connectivity index (χ0v) is 4.78. The van der Waals surface area contributed by atoms with E-state index in [1.54, 1.807) is 0 Å². The molecule has 0 atom stereocenters. The molecule has 54 valence electrons. The number of hydrogen-bond acceptors (Lipinski definition) is 1. The van der Waals surface area contributed by atoms with Crippen LogP contribution in [0.25, 0.3) is 0 Å². The van der Waals surface area contributed by atoms with Gasteiger partial charge in [0.2, 0.25) is 0 Å². The summed E-state index contributed by atoms with van der Waals surface area (Å²) >= 11 is 0. The molecular formula is C5H8F3N. The molecule has 0 amide bonds. The summed E-state index contributed by atoms with van der Waals surface area (Å²) in [6, 6.07) is -0.211. The Morgan fingerprint density at radius 3 is 1.78 bits per heavy atom. The minimum absolute atomic E-state index is 0.115. The van der Waals surface area contributed by atoms with Crippen LogP contribution in [0.1, 0.15) is 12.8 Å². The largest absolute Gasteiger partial charge is 0.391 e. The van der Waals surface area contributed by atoms with Crippen molar-refractivity contribution in [2.24, 2.45) is 11.7 Å². The minimum atomic E-state index is -4.00. The lowest BCUT2D eigenvalue weighted by atomic mass is 9.80. The van der Waals surface area contributed by atoms with Crippen LogP contribution in [0.15, 0.2) is 0 Å². The van der Waals surface area contributed by atoms with Crippen LogP contribution >= 0.6 is 0 Å². The van der Waals surface area contributed by atoms with E-state index >= 15 is 0 Å². The fraction of sp³-hybridized carbons (Fsp3) is 1.00. The standard InChI is InChI=1S/C5H8F3N/c6-5(7,8)3-1-4(9)2-3/h3-4H,1-2,9H2/t3-,4-. The third-order valence-corrected chi connectivity index (χ3v) is 1.64. The second kappa shape index (κ2) is 1.87. The van der Waals surface area contributed by atoms with Crippen LogP contribution in [-0.4, -0.2) is 12.2 Å². The highest BCUT2D eigenvalue weighted by molar-refractivity contribution is 4.86. The molecule has 1 aliphatic rings. The smallest absolute Gasteiger partial charge is 0.328 e. The van der Waals surface area contributed by atoms with E-state index in [2.05, 4.69) is 0 Å². The van der Waals surface area contributed by atoms with Crippen molar-refractivity contribution in [2.75, 3.05) is 0 Å². The highest BCUT2D eigenvalue weighted by Gasteiger charge is 2.46. The first kappa shape index (κ1) is 6.86. The Bertz CT molecular complexity index is 103. The normalized spacial score (nSPS) is 36.0. The quantitative estimate of drug-likeness (QED) is 0.537. The summed E-state index contributed by atoms with van der Waals surface area (Å²) in [7, 11) is 0. The fourth-order valence-electron chi connectivity index (χ4n) is 0.929. The molecule has 1 nitrogen and oxygen atoms in total. The number of hydrogen-bond donors (Lipinski definition) is 1. The molecule has 0 spiro atoms. The van der Waals surface area contributed by atoms with Crippen molar-refractivity contribution < 1.29 is 13.2 Å². The van der Waals surface area contributed by atoms with E-state index in [4.69, 9.17) is 5.73 Å². The second-order valence-corrected chi connectivity index (χ2v) is 2.47. The lowest BCUT2D eigenvalue weighted by Gasteiger charge is -2.33. The van der Waals surface area contributed by atoms with Gasteiger partial charge in [0, 0.05) is 6.04 Å². The van der Waals surface area contributed by atoms with Crippen LogP contribution in [-0.2, 0) is 0 Å². The number of alkyl halides is 3. The third kappa shape index (κ3) is 1.36. The maximum Gasteiger partial charge on any atom is 0.391 e. The molecule has 0 radical (unpaired) electrons. The average molecular weight is 139 g/mol. The molecule has 0 heterocycles. The summed E-state index contributed by atoms with van der Waals surface area (Å²) in [4.78, 5) is 0. The van der Waals surface area contributed by atoms with Gasteiger partial charge in [-0.2, -0.15) is 13.2 Å². The van der Waals surface area contributed by atoms with Gasteiger partial charge < -0.3 is 5.73 Å². The lowest BCUT2D eigenvalue weighted by Crippen LogP contribution is -2.43. The molecule has 1 fully saturated rings. The van der Waals surface area contributed by atoms with Crippen molar-refractivity contribution in [3.05, 3.63) is 0 Å². The Hall–Kier alpha value is -0.250. The fourth-order valence-corrected chi connectivity index (χ4v) is 0.929. The van der Waals surface area contributed by atoms with Gasteiger partial charge in [-0.1, -0.05) is 0 Å². The Kier molecular flexibility index (Phi) is 1.42. The van der Waals surface area contributed by atoms with Gasteiger partial charge in [0.25, 0.3) is 0 Å². The number of halogens is 3.